The maximum Gasteiger partial charge on any atom is 1.00 e. The SMILES string of the molecule is O=C([O-])CC(NC(C(=O)O)C(O)C(=O)O)C(=O)[O-].O=C([O-])CC(NC(C(=O)O)C(O)C(=O)O)C(=O)[O-].[Na+].[Na+].[Na+].[Na+]. The number of carbonyl (C=O) groups excluding carboxylic acids is 4. The van der Waals surface area contributed by atoms with Crippen molar-refractivity contribution >= 4 is 47.8 Å². The molecule has 0 bridgehead atoms. The molecule has 0 aliphatic carbocycles. The molecule has 0 aliphatic heterocycles. The smallest absolute Gasteiger partial charge is 0.550 e. The molecule has 6 atom stereocenters. The molecular weight excluding hydrogens is 600 g/mol. The van der Waals surface area contributed by atoms with E-state index in [9.17, 15) is 58.8 Å². The van der Waals surface area contributed by atoms with Crippen LogP contribution < -0.4 is 149 Å². The molecule has 0 heterocycles. The quantitative estimate of drug-likeness (QED) is 0.0744. The summed E-state index contributed by atoms with van der Waals surface area (Å²) in [5.74, 6) is -15.1. The Morgan fingerprint density at radius 3 is 0.850 bits per heavy atom. The summed E-state index contributed by atoms with van der Waals surface area (Å²) in [7, 11) is 0. The molecule has 24 heteroatoms. The van der Waals surface area contributed by atoms with Gasteiger partial charge in [0.25, 0.3) is 0 Å². The Kier molecular flexibility index (Phi) is 34.3. The fourth-order valence-corrected chi connectivity index (χ4v) is 2.07. The van der Waals surface area contributed by atoms with Crippen molar-refractivity contribution in [2.24, 2.45) is 0 Å². The average molecular weight is 618 g/mol. The van der Waals surface area contributed by atoms with E-state index in [1.165, 1.54) is 0 Å². The summed E-state index contributed by atoms with van der Waals surface area (Å²) in [4.78, 5) is 83.4. The van der Waals surface area contributed by atoms with Gasteiger partial charge in [0.05, 0.1) is 24.0 Å². The molecule has 20 nitrogen and oxygen atoms in total. The first-order valence-electron chi connectivity index (χ1n) is 8.94. The van der Waals surface area contributed by atoms with Crippen LogP contribution in [0.2, 0.25) is 0 Å². The third kappa shape index (κ3) is 22.2. The summed E-state index contributed by atoms with van der Waals surface area (Å²) < 4.78 is 0. The van der Waals surface area contributed by atoms with E-state index in [2.05, 4.69) is 0 Å². The monoisotopic (exact) mass is 618 g/mol. The Morgan fingerprint density at radius 1 is 0.500 bits per heavy atom. The number of carboxylic acid groups (broad SMARTS) is 8. The third-order valence-electron chi connectivity index (χ3n) is 3.74. The van der Waals surface area contributed by atoms with Gasteiger partial charge in [0.2, 0.25) is 0 Å². The maximum absolute atomic E-state index is 10.6. The van der Waals surface area contributed by atoms with Crippen molar-refractivity contribution in [2.45, 2.75) is 49.2 Å². The zero-order valence-electron chi connectivity index (χ0n) is 21.5. The van der Waals surface area contributed by atoms with Gasteiger partial charge in [-0.05, 0) is 0 Å². The molecule has 40 heavy (non-hydrogen) atoms. The van der Waals surface area contributed by atoms with Crippen molar-refractivity contribution in [3.05, 3.63) is 0 Å². The van der Waals surface area contributed by atoms with Gasteiger partial charge in [0.1, 0.15) is 12.1 Å². The van der Waals surface area contributed by atoms with Crippen LogP contribution in [0.25, 0.3) is 0 Å². The van der Waals surface area contributed by atoms with E-state index >= 15 is 0 Å². The van der Waals surface area contributed by atoms with E-state index in [0.29, 0.717) is 0 Å². The molecule has 0 aromatic heterocycles. The Hall–Kier alpha value is -0.400. The molecular formula is C16H18N2Na4O18. The second kappa shape index (κ2) is 26.2. The summed E-state index contributed by atoms with van der Waals surface area (Å²) in [6.07, 6.45) is -7.19. The summed E-state index contributed by atoms with van der Waals surface area (Å²) in [6.45, 7) is 0. The first-order valence-corrected chi connectivity index (χ1v) is 8.94. The first-order chi connectivity index (χ1) is 16.3. The van der Waals surface area contributed by atoms with Gasteiger partial charge in [0.15, 0.2) is 12.2 Å². The van der Waals surface area contributed by atoms with E-state index in [1.54, 1.807) is 10.6 Å². The molecule has 0 aromatic rings. The Labute approximate surface area is 311 Å². The van der Waals surface area contributed by atoms with Gasteiger partial charge in [-0.2, -0.15) is 0 Å². The van der Waals surface area contributed by atoms with Crippen molar-refractivity contribution in [3.63, 3.8) is 0 Å². The number of aliphatic carboxylic acids is 8. The van der Waals surface area contributed by atoms with E-state index in [-0.39, 0.29) is 118 Å². The normalized spacial score (nSPS) is 13.8. The van der Waals surface area contributed by atoms with Crippen LogP contribution >= 0.6 is 0 Å². The fourth-order valence-electron chi connectivity index (χ4n) is 2.07. The Morgan fingerprint density at radius 2 is 0.725 bits per heavy atom. The van der Waals surface area contributed by atoms with Crippen LogP contribution in [0.1, 0.15) is 12.8 Å². The molecule has 0 spiro atoms. The molecule has 0 aliphatic rings. The molecule has 8 N–H and O–H groups in total. The van der Waals surface area contributed by atoms with Crippen molar-refractivity contribution in [2.75, 3.05) is 0 Å². The van der Waals surface area contributed by atoms with Crippen molar-refractivity contribution in [3.8, 4) is 0 Å². The zero-order valence-corrected chi connectivity index (χ0v) is 29.5. The van der Waals surface area contributed by atoms with Crippen LogP contribution in [0.3, 0.4) is 0 Å². The van der Waals surface area contributed by atoms with E-state index in [0.717, 1.165) is 0 Å². The largest absolute Gasteiger partial charge is 1.00 e. The van der Waals surface area contributed by atoms with Gasteiger partial charge in [-0.3, -0.25) is 20.2 Å². The predicted molar refractivity (Wildman–Crippen MR) is 93.2 cm³/mol. The van der Waals surface area contributed by atoms with Crippen LogP contribution in [0, 0.1) is 0 Å². The van der Waals surface area contributed by atoms with Crippen LogP contribution in [0.4, 0.5) is 0 Å². The third-order valence-corrected chi connectivity index (χ3v) is 3.74. The van der Waals surface area contributed by atoms with Crippen molar-refractivity contribution in [1.82, 2.24) is 10.6 Å². The molecule has 204 valence electrons. The molecule has 0 amide bonds. The molecule has 0 fully saturated rings. The number of hydrogen-bond donors (Lipinski definition) is 8. The molecule has 0 aromatic carbocycles. The average Bonchev–Trinajstić information content (AvgIpc) is 2.71. The molecule has 0 saturated heterocycles. The Balaban J connectivity index is -0.000000131. The predicted octanol–water partition coefficient (Wildman–Crippen LogP) is -22.5. The zero-order chi connectivity index (χ0) is 28.9. The summed E-state index contributed by atoms with van der Waals surface area (Å²) in [6, 6.07) is -8.43. The van der Waals surface area contributed by atoms with Crippen LogP contribution in [0.15, 0.2) is 0 Å². The van der Waals surface area contributed by atoms with Gasteiger partial charge >= 0.3 is 142 Å². The Bertz CT molecular complexity index is 820. The van der Waals surface area contributed by atoms with E-state index in [1.807, 2.05) is 0 Å². The summed E-state index contributed by atoms with van der Waals surface area (Å²) in [5, 5.41) is 96.7. The first kappa shape index (κ1) is 52.3. The maximum atomic E-state index is 10.6. The van der Waals surface area contributed by atoms with E-state index < -0.39 is 97.0 Å². The van der Waals surface area contributed by atoms with Gasteiger partial charge in [-0.25, -0.2) is 9.59 Å². The summed E-state index contributed by atoms with van der Waals surface area (Å²) in [5.41, 5.74) is 0. The van der Waals surface area contributed by atoms with Crippen LogP contribution in [-0.2, 0) is 38.4 Å². The standard InChI is InChI=1S/2C8H11NO9.4Na/c2*10-3(11)1-2(6(13)14)9-4(7(15)16)5(12)8(17)18;;;;/h2*2,4-5,9,12H,1H2,(H,10,11)(H,13,14)(H,15,16)(H,17,18);;;;/q;;4*+1/p-4. The number of nitrogens with one attached hydrogen (secondary N) is 2. The van der Waals surface area contributed by atoms with Gasteiger partial charge in [-0.1, -0.05) is 0 Å². The van der Waals surface area contributed by atoms with Crippen molar-refractivity contribution in [1.29, 1.82) is 0 Å². The number of carboxylic acids is 8. The molecule has 6 unspecified atom stereocenters. The number of hydrogen-bond acceptors (Lipinski definition) is 16. The number of carbonyl (C=O) groups is 8. The van der Waals surface area contributed by atoms with Crippen LogP contribution in [-0.4, -0.2) is 115 Å². The summed E-state index contributed by atoms with van der Waals surface area (Å²) >= 11 is 0. The van der Waals surface area contributed by atoms with Crippen LogP contribution in [0.5, 0.6) is 0 Å². The van der Waals surface area contributed by atoms with E-state index in [4.69, 9.17) is 30.6 Å². The molecule has 0 rings (SSSR count). The topological polar surface area (TPSA) is 374 Å². The minimum atomic E-state index is -2.45. The minimum Gasteiger partial charge on any atom is -0.550 e. The molecule has 0 radical (unpaired) electrons. The number of aliphatic hydroxyl groups excluding tert-OH is 2. The van der Waals surface area contributed by atoms with Gasteiger partial charge in [0, 0.05) is 24.8 Å². The van der Waals surface area contributed by atoms with Crippen molar-refractivity contribution < 1.29 is 208 Å². The fraction of sp³-hybridized carbons (Fsp3) is 0.500. The van der Waals surface area contributed by atoms with Gasteiger partial charge < -0.3 is 70.2 Å². The second-order valence-corrected chi connectivity index (χ2v) is 6.43. The molecule has 0 saturated carbocycles. The number of aliphatic hydroxyl groups is 2. The number of rotatable bonds is 16. The second-order valence-electron chi connectivity index (χ2n) is 6.43. The van der Waals surface area contributed by atoms with Gasteiger partial charge in [-0.15, -0.1) is 0 Å². The minimum absolute atomic E-state index is 0.